The van der Waals surface area contributed by atoms with Crippen LogP contribution in [0.5, 0.6) is 0 Å². The molecule has 1 aliphatic carbocycles. The predicted molar refractivity (Wildman–Crippen MR) is 76.9 cm³/mol. The number of nitrogens with two attached hydrogens (primary N) is 1. The summed E-state index contributed by atoms with van der Waals surface area (Å²) >= 11 is 0. The van der Waals surface area contributed by atoms with Crippen LogP contribution >= 0.6 is 12.4 Å². The number of rotatable bonds is 4. The summed E-state index contributed by atoms with van der Waals surface area (Å²) in [4.78, 5) is 11.8. The molecule has 3 atom stereocenters. The van der Waals surface area contributed by atoms with Crippen molar-refractivity contribution in [3.63, 3.8) is 0 Å². The minimum absolute atomic E-state index is 0. The molecule has 0 spiro atoms. The van der Waals surface area contributed by atoms with Crippen LogP contribution in [0, 0.1) is 11.7 Å². The zero-order valence-corrected chi connectivity index (χ0v) is 11.9. The average molecular weight is 303 g/mol. The van der Waals surface area contributed by atoms with Crippen molar-refractivity contribution in [2.45, 2.75) is 31.4 Å². The van der Waals surface area contributed by atoms with Gasteiger partial charge in [0, 0.05) is 18.5 Å². The quantitative estimate of drug-likeness (QED) is 0.789. The van der Waals surface area contributed by atoms with Crippen molar-refractivity contribution in [3.8, 4) is 0 Å². The zero-order chi connectivity index (χ0) is 13.8. The number of amides is 1. The Morgan fingerprint density at radius 1 is 1.40 bits per heavy atom. The van der Waals surface area contributed by atoms with Crippen LogP contribution in [0.1, 0.15) is 30.9 Å². The Balaban J connectivity index is 0.00000200. The van der Waals surface area contributed by atoms with E-state index in [4.69, 9.17) is 5.73 Å². The molecule has 1 fully saturated rings. The second-order valence-corrected chi connectivity index (χ2v) is 5.08. The van der Waals surface area contributed by atoms with Crippen molar-refractivity contribution in [2.24, 2.45) is 11.7 Å². The summed E-state index contributed by atoms with van der Waals surface area (Å²) in [5.41, 5.74) is 6.35. The Kier molecular flexibility index (Phi) is 6.39. The van der Waals surface area contributed by atoms with E-state index in [1.165, 1.54) is 24.3 Å². The van der Waals surface area contributed by atoms with E-state index in [-0.39, 0.29) is 42.6 Å². The van der Waals surface area contributed by atoms with Gasteiger partial charge in [-0.25, -0.2) is 4.39 Å². The van der Waals surface area contributed by atoms with Gasteiger partial charge in [-0.1, -0.05) is 12.1 Å². The van der Waals surface area contributed by atoms with Crippen molar-refractivity contribution in [2.75, 3.05) is 6.54 Å². The largest absolute Gasteiger partial charge is 0.387 e. The van der Waals surface area contributed by atoms with E-state index in [1.54, 1.807) is 0 Å². The number of carbonyl (C=O) groups excluding carboxylic acids is 1. The van der Waals surface area contributed by atoms with Crippen molar-refractivity contribution in [3.05, 3.63) is 35.6 Å². The third-order valence-electron chi connectivity index (χ3n) is 3.57. The number of aliphatic hydroxyl groups is 1. The molecule has 0 bridgehead atoms. The van der Waals surface area contributed by atoms with Crippen LogP contribution in [0.25, 0.3) is 0 Å². The summed E-state index contributed by atoms with van der Waals surface area (Å²) in [5.74, 6) is -0.454. The lowest BCUT2D eigenvalue weighted by Crippen LogP contribution is -2.33. The van der Waals surface area contributed by atoms with Gasteiger partial charge in [0.1, 0.15) is 5.82 Å². The molecule has 0 saturated heterocycles. The topological polar surface area (TPSA) is 75.4 Å². The molecule has 3 unspecified atom stereocenters. The molecule has 0 aliphatic heterocycles. The van der Waals surface area contributed by atoms with Crippen molar-refractivity contribution in [1.29, 1.82) is 0 Å². The molecule has 20 heavy (non-hydrogen) atoms. The van der Waals surface area contributed by atoms with Gasteiger partial charge in [-0.15, -0.1) is 12.4 Å². The first-order valence-electron chi connectivity index (χ1n) is 6.53. The van der Waals surface area contributed by atoms with Crippen LogP contribution < -0.4 is 11.1 Å². The highest BCUT2D eigenvalue weighted by atomic mass is 35.5. The van der Waals surface area contributed by atoms with Crippen LogP contribution in [0.3, 0.4) is 0 Å². The van der Waals surface area contributed by atoms with E-state index in [2.05, 4.69) is 5.32 Å². The molecule has 0 radical (unpaired) electrons. The fourth-order valence-electron chi connectivity index (χ4n) is 2.40. The summed E-state index contributed by atoms with van der Waals surface area (Å²) in [5, 5.41) is 12.6. The van der Waals surface area contributed by atoms with E-state index in [0.29, 0.717) is 12.0 Å². The fraction of sp³-hybridized carbons (Fsp3) is 0.500. The molecule has 4 nitrogen and oxygen atoms in total. The number of hydrogen-bond acceptors (Lipinski definition) is 3. The minimum Gasteiger partial charge on any atom is -0.387 e. The highest BCUT2D eigenvalue weighted by Crippen LogP contribution is 2.24. The number of halogens is 2. The maximum absolute atomic E-state index is 12.7. The molecule has 1 aromatic rings. The molecular weight excluding hydrogens is 283 g/mol. The van der Waals surface area contributed by atoms with E-state index in [9.17, 15) is 14.3 Å². The van der Waals surface area contributed by atoms with Gasteiger partial charge < -0.3 is 16.2 Å². The maximum Gasteiger partial charge on any atom is 0.223 e. The van der Waals surface area contributed by atoms with E-state index < -0.39 is 6.10 Å². The Labute approximate surface area is 124 Å². The molecule has 0 aromatic heterocycles. The van der Waals surface area contributed by atoms with E-state index >= 15 is 0 Å². The Morgan fingerprint density at radius 2 is 2.05 bits per heavy atom. The standard InChI is InChI=1S/C14H19FN2O2.ClH/c15-11-4-1-9(2-5-11)13(18)8-17-14(19)10-3-6-12(16)7-10;/h1-2,4-5,10,12-13,18H,3,6-8,16H2,(H,17,19);1H. The van der Waals surface area contributed by atoms with Crippen molar-refractivity contribution in [1.82, 2.24) is 5.32 Å². The molecule has 1 saturated carbocycles. The summed E-state index contributed by atoms with van der Waals surface area (Å²) in [7, 11) is 0. The monoisotopic (exact) mass is 302 g/mol. The van der Waals surface area contributed by atoms with Gasteiger partial charge in [0.15, 0.2) is 0 Å². The molecular formula is C14H20ClFN2O2. The van der Waals surface area contributed by atoms with Crippen LogP contribution in [0.15, 0.2) is 24.3 Å². The maximum atomic E-state index is 12.7. The lowest BCUT2D eigenvalue weighted by atomic mass is 10.1. The van der Waals surface area contributed by atoms with Crippen LogP contribution in [0.4, 0.5) is 4.39 Å². The van der Waals surface area contributed by atoms with E-state index in [1.807, 2.05) is 0 Å². The van der Waals surface area contributed by atoms with Gasteiger partial charge in [-0.05, 0) is 37.0 Å². The molecule has 1 aromatic carbocycles. The van der Waals surface area contributed by atoms with Crippen LogP contribution in [-0.2, 0) is 4.79 Å². The van der Waals surface area contributed by atoms with Gasteiger partial charge in [0.2, 0.25) is 5.91 Å². The molecule has 0 heterocycles. The van der Waals surface area contributed by atoms with Gasteiger partial charge in [0.25, 0.3) is 0 Å². The van der Waals surface area contributed by atoms with Crippen LogP contribution in [0.2, 0.25) is 0 Å². The highest BCUT2D eigenvalue weighted by molar-refractivity contribution is 5.85. The number of nitrogens with one attached hydrogen (secondary N) is 1. The zero-order valence-electron chi connectivity index (χ0n) is 11.1. The molecule has 4 N–H and O–H groups in total. The molecule has 1 aliphatic rings. The Bertz CT molecular complexity index is 441. The normalized spacial score (nSPS) is 22.9. The number of aliphatic hydroxyl groups excluding tert-OH is 1. The average Bonchev–Trinajstić information content (AvgIpc) is 2.83. The minimum atomic E-state index is -0.820. The van der Waals surface area contributed by atoms with Crippen molar-refractivity contribution >= 4 is 18.3 Å². The SMILES string of the molecule is Cl.NC1CCC(C(=O)NCC(O)c2ccc(F)cc2)C1. The Morgan fingerprint density at radius 3 is 2.60 bits per heavy atom. The van der Waals surface area contributed by atoms with E-state index in [0.717, 1.165) is 12.8 Å². The number of benzene rings is 1. The summed E-state index contributed by atoms with van der Waals surface area (Å²) in [6.07, 6.45) is 1.57. The predicted octanol–water partition coefficient (Wildman–Crippen LogP) is 1.52. The van der Waals surface area contributed by atoms with Crippen molar-refractivity contribution < 1.29 is 14.3 Å². The second-order valence-electron chi connectivity index (χ2n) is 5.08. The lowest BCUT2D eigenvalue weighted by molar-refractivity contribution is -0.125. The summed E-state index contributed by atoms with van der Waals surface area (Å²) < 4.78 is 12.7. The van der Waals surface area contributed by atoms with Gasteiger partial charge in [-0.3, -0.25) is 4.79 Å². The summed E-state index contributed by atoms with van der Waals surface area (Å²) in [6, 6.07) is 5.71. The number of carbonyl (C=O) groups is 1. The first kappa shape index (κ1) is 16.9. The second kappa shape index (κ2) is 7.57. The third kappa shape index (κ3) is 4.44. The van der Waals surface area contributed by atoms with Gasteiger partial charge >= 0.3 is 0 Å². The molecule has 1 amide bonds. The first-order chi connectivity index (χ1) is 9.06. The van der Waals surface area contributed by atoms with Gasteiger partial charge in [0.05, 0.1) is 6.10 Å². The smallest absolute Gasteiger partial charge is 0.223 e. The highest BCUT2D eigenvalue weighted by Gasteiger charge is 2.27. The lowest BCUT2D eigenvalue weighted by Gasteiger charge is -2.15. The van der Waals surface area contributed by atoms with Crippen LogP contribution in [-0.4, -0.2) is 23.6 Å². The summed E-state index contributed by atoms with van der Waals surface area (Å²) in [6.45, 7) is 0.135. The van der Waals surface area contributed by atoms with Gasteiger partial charge in [-0.2, -0.15) is 0 Å². The Hall–Kier alpha value is -1.17. The molecule has 6 heteroatoms. The molecule has 2 rings (SSSR count). The molecule has 112 valence electrons. The third-order valence-corrected chi connectivity index (χ3v) is 3.57. The fourth-order valence-corrected chi connectivity index (χ4v) is 2.40. The first-order valence-corrected chi connectivity index (χ1v) is 6.53. The number of hydrogen-bond donors (Lipinski definition) is 3.